The Morgan fingerprint density at radius 3 is 2.47 bits per heavy atom. The van der Waals surface area contributed by atoms with Crippen molar-refractivity contribution in [3.05, 3.63) is 78.0 Å². The average molecular weight is 974 g/mol. The molecule has 70 heavy (non-hydrogen) atoms. The van der Waals surface area contributed by atoms with Gasteiger partial charge < -0.3 is 69.9 Å². The van der Waals surface area contributed by atoms with Crippen LogP contribution in [0.4, 0.5) is 22.2 Å². The van der Waals surface area contributed by atoms with Gasteiger partial charge in [-0.15, -0.1) is 0 Å². The number of carbonyl (C=O) groups excluding carboxylic acids is 4. The third kappa shape index (κ3) is 11.7. The molecule has 376 valence electrons. The first kappa shape index (κ1) is 51.0. The summed E-state index contributed by atoms with van der Waals surface area (Å²) in [5, 5.41) is 50.1. The molecule has 4 aromatic rings. The van der Waals surface area contributed by atoms with Gasteiger partial charge in [-0.05, 0) is 36.2 Å². The number of hydrogen-bond acceptors (Lipinski definition) is 18. The van der Waals surface area contributed by atoms with E-state index in [2.05, 4.69) is 37.0 Å². The van der Waals surface area contributed by atoms with Gasteiger partial charge in [0.05, 0.1) is 45.4 Å². The number of amides is 4. The molecule has 2 aromatic carbocycles. The maximum Gasteiger partial charge on any atom is 0.409 e. The number of aliphatic hydroxyl groups is 3. The zero-order chi connectivity index (χ0) is 50.0. The number of carboxylic acids is 1. The van der Waals surface area contributed by atoms with Gasteiger partial charge in [-0.3, -0.25) is 24.2 Å². The Balaban J connectivity index is 0.897. The minimum atomic E-state index is -2.86. The number of hydrogen-bond donors (Lipinski definition) is 7. The van der Waals surface area contributed by atoms with E-state index >= 15 is 0 Å². The lowest BCUT2D eigenvalue weighted by Crippen LogP contribution is -2.74. The number of nitrogens with zero attached hydrogens (tertiary/aromatic N) is 6. The summed E-state index contributed by atoms with van der Waals surface area (Å²) in [5.41, 5.74) is 4.12. The SMILES string of the molecule is CCCCCNc1nc(N)nc2ccn(Cc3ccc(CN4CCN(C(=O)OC[C@@]5(O)[C@H](O)OC[C@@](Oc6cccc(NC(=O)CCOCCN7C(=O)C=CC7=O)c6)(C(=O)O)[C@H]5O)CC4)cc3OC)c12. The van der Waals surface area contributed by atoms with Gasteiger partial charge in [0.2, 0.25) is 11.9 Å². The molecule has 2 saturated heterocycles. The van der Waals surface area contributed by atoms with Gasteiger partial charge in [0, 0.05) is 74.9 Å². The molecule has 3 aliphatic rings. The number of unbranched alkanes of at least 4 members (excludes halogenated alkanes) is 2. The number of imide groups is 1. The van der Waals surface area contributed by atoms with E-state index in [1.54, 1.807) is 7.11 Å². The molecule has 0 aliphatic carbocycles. The Hall–Kier alpha value is -6.89. The predicted octanol–water partition coefficient (Wildman–Crippen LogP) is 1.54. The minimum Gasteiger partial charge on any atom is -0.496 e. The fourth-order valence-electron chi connectivity index (χ4n) is 8.35. The fraction of sp³-hybridized carbons (Fsp3) is 0.468. The number of anilines is 3. The van der Waals surface area contributed by atoms with Crippen molar-refractivity contribution in [1.29, 1.82) is 0 Å². The van der Waals surface area contributed by atoms with Crippen molar-refractivity contribution in [3.63, 3.8) is 0 Å². The molecule has 23 heteroatoms. The molecule has 23 nitrogen and oxygen atoms in total. The number of rotatable bonds is 22. The standard InChI is InChI=1S/C47H59N9O14/c1-3-4-5-15-49-40-39-34(51-44(48)52-40)13-16-55(39)27-31-10-9-30(24-35(31)66-2)26-53-17-19-54(20-18-53)45(64)69-28-46(65)41(60)47(42(61)62,29-68-43(46)63)70-33-8-6-7-32(25-33)50-36(57)14-22-67-23-21-56-37(58)11-12-38(56)59/h6-13,16,24-25,41,43,60,63,65H,3-5,14-15,17-23,26-29H2,1-2H3,(H,50,57)(H,61,62)(H3,48,49,51,52)/t41-,43+,46-,47-/m0/s1. The van der Waals surface area contributed by atoms with Crippen LogP contribution in [0.3, 0.4) is 0 Å². The van der Waals surface area contributed by atoms with E-state index in [0.717, 1.165) is 65.0 Å². The van der Waals surface area contributed by atoms with E-state index in [9.17, 15) is 44.4 Å². The normalized spacial score (nSPS) is 21.6. The smallest absolute Gasteiger partial charge is 0.409 e. The topological polar surface area (TPSA) is 303 Å². The summed E-state index contributed by atoms with van der Waals surface area (Å²) < 4.78 is 29.7. The Bertz CT molecular complexity index is 2550. The van der Waals surface area contributed by atoms with Crippen LogP contribution in [-0.4, -0.2) is 176 Å². The van der Waals surface area contributed by atoms with Gasteiger partial charge in [-0.2, -0.15) is 4.98 Å². The largest absolute Gasteiger partial charge is 0.496 e. The van der Waals surface area contributed by atoms with Crippen molar-refractivity contribution in [3.8, 4) is 11.5 Å². The molecule has 0 spiro atoms. The molecule has 0 unspecified atom stereocenters. The highest BCUT2D eigenvalue weighted by atomic mass is 16.7. The van der Waals surface area contributed by atoms with E-state index in [1.807, 2.05) is 30.5 Å². The first-order valence-electron chi connectivity index (χ1n) is 22.9. The monoisotopic (exact) mass is 973 g/mol. The lowest BCUT2D eigenvalue weighted by Gasteiger charge is -2.48. The van der Waals surface area contributed by atoms with Crippen molar-refractivity contribution in [1.82, 2.24) is 29.2 Å². The number of aromatic nitrogens is 3. The van der Waals surface area contributed by atoms with E-state index in [1.165, 1.54) is 29.2 Å². The van der Waals surface area contributed by atoms with Crippen LogP contribution in [0.5, 0.6) is 11.5 Å². The first-order valence-corrected chi connectivity index (χ1v) is 22.9. The Kier molecular flexibility index (Phi) is 16.5. The van der Waals surface area contributed by atoms with Crippen molar-refractivity contribution >= 4 is 58.3 Å². The summed E-state index contributed by atoms with van der Waals surface area (Å²) in [6.45, 7) is 3.36. The van der Waals surface area contributed by atoms with Crippen LogP contribution in [0.15, 0.2) is 66.9 Å². The van der Waals surface area contributed by atoms with Crippen molar-refractivity contribution < 1.29 is 68.1 Å². The number of piperazine rings is 1. The minimum absolute atomic E-state index is 0.0188. The number of carboxylic acid groups (broad SMARTS) is 1. The Morgan fingerprint density at radius 2 is 1.74 bits per heavy atom. The second-order valence-corrected chi connectivity index (χ2v) is 17.2. The molecule has 0 bridgehead atoms. The molecule has 2 fully saturated rings. The van der Waals surface area contributed by atoms with Gasteiger partial charge in [-0.1, -0.05) is 38.0 Å². The maximum atomic E-state index is 13.3. The fourth-order valence-corrected chi connectivity index (χ4v) is 8.35. The molecular weight excluding hydrogens is 915 g/mol. The predicted molar refractivity (Wildman–Crippen MR) is 251 cm³/mol. The first-order chi connectivity index (χ1) is 33.6. The molecule has 5 heterocycles. The van der Waals surface area contributed by atoms with Crippen LogP contribution >= 0.6 is 0 Å². The number of benzene rings is 2. The highest BCUT2D eigenvalue weighted by molar-refractivity contribution is 6.12. The van der Waals surface area contributed by atoms with E-state index in [4.69, 9.17) is 29.4 Å². The summed E-state index contributed by atoms with van der Waals surface area (Å²) in [6, 6.07) is 13.5. The lowest BCUT2D eigenvalue weighted by molar-refractivity contribution is -0.326. The molecule has 0 saturated carbocycles. The molecule has 2 aromatic heterocycles. The van der Waals surface area contributed by atoms with Crippen LogP contribution in [0.1, 0.15) is 43.7 Å². The third-order valence-corrected chi connectivity index (χ3v) is 12.3. The summed E-state index contributed by atoms with van der Waals surface area (Å²) in [7, 11) is 1.62. The quantitative estimate of drug-likeness (QED) is 0.0434. The van der Waals surface area contributed by atoms with E-state index < -0.39 is 66.6 Å². The summed E-state index contributed by atoms with van der Waals surface area (Å²) >= 11 is 0. The van der Waals surface area contributed by atoms with Crippen LogP contribution < -0.4 is 25.8 Å². The zero-order valence-corrected chi connectivity index (χ0v) is 39.0. The molecule has 0 radical (unpaired) electrons. The number of nitrogens with two attached hydrogens (primary N) is 1. The Labute approximate surface area is 402 Å². The summed E-state index contributed by atoms with van der Waals surface area (Å²) in [4.78, 5) is 75.5. The third-order valence-electron chi connectivity index (χ3n) is 12.3. The van der Waals surface area contributed by atoms with Crippen molar-refractivity contribution in [2.45, 2.75) is 69.3 Å². The number of ether oxygens (including phenoxy) is 5. The van der Waals surface area contributed by atoms with Gasteiger partial charge >= 0.3 is 12.1 Å². The molecule has 8 N–H and O–H groups in total. The second-order valence-electron chi connectivity index (χ2n) is 17.2. The number of nitrogen functional groups attached to an aromatic ring is 1. The lowest BCUT2D eigenvalue weighted by atomic mass is 9.81. The number of aliphatic hydroxyl groups excluding tert-OH is 2. The van der Waals surface area contributed by atoms with Crippen molar-refractivity contribution in [2.75, 3.05) is 89.2 Å². The molecule has 7 rings (SSSR count). The number of carbonyl (C=O) groups is 5. The molecule has 3 aliphatic heterocycles. The van der Waals surface area contributed by atoms with Crippen LogP contribution in [0.2, 0.25) is 0 Å². The Morgan fingerprint density at radius 1 is 0.971 bits per heavy atom. The van der Waals surface area contributed by atoms with E-state index in [0.29, 0.717) is 37.7 Å². The zero-order valence-electron chi connectivity index (χ0n) is 39.0. The molecule has 4 atom stereocenters. The van der Waals surface area contributed by atoms with Crippen LogP contribution in [0, 0.1) is 0 Å². The number of fused-ring (bicyclic) bond motifs is 1. The van der Waals surface area contributed by atoms with Crippen LogP contribution in [0.25, 0.3) is 11.0 Å². The number of aliphatic carboxylic acids is 1. The van der Waals surface area contributed by atoms with Gasteiger partial charge in [0.15, 0.2) is 17.7 Å². The van der Waals surface area contributed by atoms with Gasteiger partial charge in [0.25, 0.3) is 17.4 Å². The summed E-state index contributed by atoms with van der Waals surface area (Å²) in [5.74, 6) is -1.75. The number of methoxy groups -OCH3 is 1. The highest BCUT2D eigenvalue weighted by Gasteiger charge is 2.65. The van der Waals surface area contributed by atoms with Crippen LogP contribution in [-0.2, 0) is 46.5 Å². The second kappa shape index (κ2) is 22.7. The molecular formula is C47H59N9O14. The van der Waals surface area contributed by atoms with Crippen molar-refractivity contribution in [2.24, 2.45) is 0 Å². The summed E-state index contributed by atoms with van der Waals surface area (Å²) in [6.07, 6.45) is 1.89. The maximum absolute atomic E-state index is 13.3. The average Bonchev–Trinajstić information content (AvgIpc) is 3.90. The van der Waals surface area contributed by atoms with E-state index in [-0.39, 0.29) is 56.7 Å². The highest BCUT2D eigenvalue weighted by Crippen LogP contribution is 2.37. The van der Waals surface area contributed by atoms with Gasteiger partial charge in [-0.25, -0.2) is 14.6 Å². The number of nitrogens with one attached hydrogen (secondary N) is 2. The van der Waals surface area contributed by atoms with Gasteiger partial charge in [0.1, 0.15) is 36.3 Å². The molecule has 4 amide bonds.